The topological polar surface area (TPSA) is 58.9 Å². The van der Waals surface area contributed by atoms with Gasteiger partial charge in [0.1, 0.15) is 0 Å². The highest BCUT2D eigenvalue weighted by Crippen LogP contribution is 2.68. The Balaban J connectivity index is 1.71. The van der Waals surface area contributed by atoms with Crippen molar-refractivity contribution in [2.75, 3.05) is 0 Å². The summed E-state index contributed by atoms with van der Waals surface area (Å²) in [5.74, 6) is 0.444. The van der Waals surface area contributed by atoms with Crippen molar-refractivity contribution in [2.45, 2.75) is 56.9 Å². The molecule has 0 spiro atoms. The summed E-state index contributed by atoms with van der Waals surface area (Å²) in [4.78, 5) is 0. The second-order valence-corrected chi connectivity index (χ2v) is 6.16. The molecule has 4 rings (SSSR count). The molecule has 2 aliphatic carbocycles. The van der Waals surface area contributed by atoms with E-state index in [2.05, 4.69) is 6.92 Å². The van der Waals surface area contributed by atoms with Gasteiger partial charge in [-0.3, -0.25) is 0 Å². The fourth-order valence-electron chi connectivity index (χ4n) is 4.94. The summed E-state index contributed by atoms with van der Waals surface area (Å²) in [5, 5.41) is 20.3. The highest BCUT2D eigenvalue weighted by atomic mass is 16.8. The van der Waals surface area contributed by atoms with Crippen LogP contribution in [0.1, 0.15) is 32.6 Å². The molecule has 96 valence electrons. The summed E-state index contributed by atoms with van der Waals surface area (Å²) < 4.78 is 11.9. The Morgan fingerprint density at radius 3 is 2.82 bits per heavy atom. The van der Waals surface area contributed by atoms with Crippen LogP contribution in [0.5, 0.6) is 0 Å². The average molecular weight is 240 g/mol. The van der Waals surface area contributed by atoms with Gasteiger partial charge in [-0.05, 0) is 24.7 Å². The van der Waals surface area contributed by atoms with E-state index in [9.17, 15) is 10.2 Å². The second kappa shape index (κ2) is 3.23. The van der Waals surface area contributed by atoms with Crippen molar-refractivity contribution < 1.29 is 19.7 Å². The van der Waals surface area contributed by atoms with Crippen LogP contribution in [0.3, 0.4) is 0 Å². The molecule has 2 saturated heterocycles. The van der Waals surface area contributed by atoms with Gasteiger partial charge in [-0.15, -0.1) is 0 Å². The van der Waals surface area contributed by atoms with Crippen LogP contribution in [0, 0.1) is 23.7 Å². The Morgan fingerprint density at radius 1 is 1.24 bits per heavy atom. The zero-order valence-electron chi connectivity index (χ0n) is 10.1. The number of rotatable bonds is 3. The van der Waals surface area contributed by atoms with E-state index in [0.29, 0.717) is 11.8 Å². The van der Waals surface area contributed by atoms with Gasteiger partial charge in [0.15, 0.2) is 12.1 Å². The van der Waals surface area contributed by atoms with Crippen molar-refractivity contribution in [3.63, 3.8) is 0 Å². The largest absolute Gasteiger partial charge is 0.390 e. The number of unbranched alkanes of at least 4 members (excludes halogenated alkanes) is 1. The van der Waals surface area contributed by atoms with Crippen LogP contribution in [-0.4, -0.2) is 34.5 Å². The molecule has 0 aromatic carbocycles. The lowest BCUT2D eigenvalue weighted by Gasteiger charge is -2.30. The zero-order valence-corrected chi connectivity index (χ0v) is 10.1. The van der Waals surface area contributed by atoms with Gasteiger partial charge in [0.25, 0.3) is 0 Å². The van der Waals surface area contributed by atoms with Crippen LogP contribution in [0.4, 0.5) is 0 Å². The monoisotopic (exact) mass is 240 g/mol. The number of hydrogen-bond donors (Lipinski definition) is 2. The molecule has 2 N–H and O–H groups in total. The van der Waals surface area contributed by atoms with Crippen molar-refractivity contribution in [2.24, 2.45) is 23.7 Å². The zero-order chi connectivity index (χ0) is 11.8. The minimum absolute atomic E-state index is 0.0365. The third-order valence-electron chi connectivity index (χ3n) is 5.48. The number of aliphatic hydroxyl groups excluding tert-OH is 2. The minimum atomic E-state index is -0.734. The number of fused-ring (bicyclic) bond motifs is 2. The first-order valence-electron chi connectivity index (χ1n) is 6.90. The third kappa shape index (κ3) is 1.09. The van der Waals surface area contributed by atoms with E-state index in [1.54, 1.807) is 0 Å². The van der Waals surface area contributed by atoms with Crippen LogP contribution in [-0.2, 0) is 9.47 Å². The molecule has 4 fully saturated rings. The number of hydrogen-bond acceptors (Lipinski definition) is 4. The lowest BCUT2D eigenvalue weighted by molar-refractivity contribution is -0.285. The molecule has 4 aliphatic rings. The van der Waals surface area contributed by atoms with Crippen molar-refractivity contribution in [3.8, 4) is 0 Å². The minimum Gasteiger partial charge on any atom is -0.390 e. The Hall–Kier alpha value is -0.160. The van der Waals surface area contributed by atoms with Gasteiger partial charge in [0.2, 0.25) is 0 Å². The molecule has 17 heavy (non-hydrogen) atoms. The van der Waals surface area contributed by atoms with E-state index in [-0.39, 0.29) is 24.0 Å². The fourth-order valence-corrected chi connectivity index (χ4v) is 4.94. The molecule has 4 heteroatoms. The molecule has 4 nitrogen and oxygen atoms in total. The van der Waals surface area contributed by atoms with Gasteiger partial charge in [-0.25, -0.2) is 0 Å². The van der Waals surface area contributed by atoms with Gasteiger partial charge in [-0.1, -0.05) is 13.3 Å². The standard InChI is InChI=1S/C13H20O4/c1-2-3-4-13-9-7-5-6(8(9)12(15)17-13)10(14)11(7)16-13/h6-12,14-15H,2-5H2,1H3/t6?,7?,8?,9?,10-,11?,12-,13?/m0/s1. The van der Waals surface area contributed by atoms with E-state index in [0.717, 1.165) is 25.7 Å². The maximum atomic E-state index is 10.2. The first-order chi connectivity index (χ1) is 8.18. The molecule has 0 aromatic rings. The summed E-state index contributed by atoms with van der Waals surface area (Å²) in [7, 11) is 0. The molecule has 2 aliphatic heterocycles. The summed E-state index contributed by atoms with van der Waals surface area (Å²) in [6.45, 7) is 2.15. The molecule has 6 unspecified atom stereocenters. The molecular formula is C13H20O4. The predicted molar refractivity (Wildman–Crippen MR) is 58.8 cm³/mol. The Labute approximate surface area is 101 Å². The molecule has 2 saturated carbocycles. The Morgan fingerprint density at radius 2 is 2.06 bits per heavy atom. The molecule has 2 heterocycles. The molecular weight excluding hydrogens is 220 g/mol. The third-order valence-corrected chi connectivity index (χ3v) is 5.48. The van der Waals surface area contributed by atoms with Crippen LogP contribution >= 0.6 is 0 Å². The fraction of sp³-hybridized carbons (Fsp3) is 1.00. The van der Waals surface area contributed by atoms with E-state index in [1.165, 1.54) is 0 Å². The van der Waals surface area contributed by atoms with Crippen molar-refractivity contribution in [3.05, 3.63) is 0 Å². The van der Waals surface area contributed by atoms with E-state index >= 15 is 0 Å². The van der Waals surface area contributed by atoms with Crippen LogP contribution < -0.4 is 0 Å². The summed E-state index contributed by atoms with van der Waals surface area (Å²) in [5.41, 5.74) is 0. The lowest BCUT2D eigenvalue weighted by Crippen LogP contribution is -2.41. The molecule has 8 atom stereocenters. The highest BCUT2D eigenvalue weighted by Gasteiger charge is 2.76. The second-order valence-electron chi connectivity index (χ2n) is 6.16. The molecule has 2 bridgehead atoms. The average Bonchev–Trinajstić information content (AvgIpc) is 2.94. The van der Waals surface area contributed by atoms with E-state index in [4.69, 9.17) is 9.47 Å². The highest BCUT2D eigenvalue weighted by molar-refractivity contribution is 5.18. The van der Waals surface area contributed by atoms with Crippen LogP contribution in [0.25, 0.3) is 0 Å². The van der Waals surface area contributed by atoms with Gasteiger partial charge >= 0.3 is 0 Å². The van der Waals surface area contributed by atoms with E-state index < -0.39 is 12.1 Å². The van der Waals surface area contributed by atoms with Crippen LogP contribution in [0.2, 0.25) is 0 Å². The summed E-state index contributed by atoms with van der Waals surface area (Å²) in [6.07, 6.45) is 2.86. The summed E-state index contributed by atoms with van der Waals surface area (Å²) >= 11 is 0. The normalized spacial score (nSPS) is 62.6. The summed E-state index contributed by atoms with van der Waals surface area (Å²) in [6, 6.07) is 0. The van der Waals surface area contributed by atoms with Crippen molar-refractivity contribution >= 4 is 0 Å². The predicted octanol–water partition coefficient (Wildman–Crippen LogP) is 0.863. The van der Waals surface area contributed by atoms with Crippen molar-refractivity contribution in [1.82, 2.24) is 0 Å². The maximum absolute atomic E-state index is 10.2. The first kappa shape index (κ1) is 10.7. The van der Waals surface area contributed by atoms with Gasteiger partial charge in [0.05, 0.1) is 12.2 Å². The SMILES string of the molecule is CCCCC12OC3C4CC(C(C41)[C@@H](O)O2)[C@@H]3O. The molecule has 0 aromatic heterocycles. The molecule has 0 radical (unpaired) electrons. The Kier molecular flexibility index (Phi) is 2.04. The van der Waals surface area contributed by atoms with Gasteiger partial charge in [0, 0.05) is 18.3 Å². The van der Waals surface area contributed by atoms with Gasteiger partial charge in [-0.2, -0.15) is 0 Å². The van der Waals surface area contributed by atoms with E-state index in [1.807, 2.05) is 0 Å². The first-order valence-corrected chi connectivity index (χ1v) is 6.90. The maximum Gasteiger partial charge on any atom is 0.175 e. The number of ether oxygens (including phenoxy) is 2. The van der Waals surface area contributed by atoms with Crippen LogP contribution in [0.15, 0.2) is 0 Å². The Bertz CT molecular complexity index is 346. The van der Waals surface area contributed by atoms with Gasteiger partial charge < -0.3 is 19.7 Å². The molecule has 0 amide bonds. The number of aliphatic hydroxyl groups is 2. The smallest absolute Gasteiger partial charge is 0.175 e. The lowest BCUT2D eigenvalue weighted by atomic mass is 9.76. The van der Waals surface area contributed by atoms with Crippen molar-refractivity contribution in [1.29, 1.82) is 0 Å². The quantitative estimate of drug-likeness (QED) is 0.768.